The zero-order chi connectivity index (χ0) is 12.4. The molecule has 2 aromatic rings. The lowest BCUT2D eigenvalue weighted by Crippen LogP contribution is -1.99. The van der Waals surface area contributed by atoms with Crippen molar-refractivity contribution in [2.75, 3.05) is 12.4 Å². The maximum Gasteiger partial charge on any atom is 0.356 e. The molecule has 0 aliphatic heterocycles. The Hall–Kier alpha value is -1.40. The van der Waals surface area contributed by atoms with E-state index >= 15 is 0 Å². The van der Waals surface area contributed by atoms with Crippen molar-refractivity contribution in [1.29, 1.82) is 0 Å². The second-order valence-electron chi connectivity index (χ2n) is 3.26. The van der Waals surface area contributed by atoms with Crippen molar-refractivity contribution < 1.29 is 9.90 Å². The monoisotopic (exact) mass is 312 g/mol. The second kappa shape index (κ2) is 4.85. The van der Waals surface area contributed by atoms with E-state index in [9.17, 15) is 4.79 Å². The maximum atomic E-state index is 11.1. The number of anilines is 1. The first kappa shape index (κ1) is 12.1. The quantitative estimate of drug-likeness (QED) is 0.912. The molecule has 1 aromatic carbocycles. The number of carbonyl (C=O) groups is 1. The lowest BCUT2D eigenvalue weighted by atomic mass is 10.1. The maximum absolute atomic E-state index is 11.1. The summed E-state index contributed by atoms with van der Waals surface area (Å²) in [6, 6.07) is 7.48. The molecule has 0 atom stereocenters. The summed E-state index contributed by atoms with van der Waals surface area (Å²) < 4.78 is 0.955. The first-order valence-corrected chi connectivity index (χ1v) is 6.40. The van der Waals surface area contributed by atoms with Crippen LogP contribution in [0.1, 0.15) is 10.5 Å². The lowest BCUT2D eigenvalue weighted by molar-refractivity contribution is 0.0692. The Labute approximate surface area is 110 Å². The van der Waals surface area contributed by atoms with Crippen LogP contribution in [0.2, 0.25) is 0 Å². The van der Waals surface area contributed by atoms with E-state index in [1.54, 1.807) is 7.05 Å². The number of halogens is 1. The molecule has 4 nitrogen and oxygen atoms in total. The average Bonchev–Trinajstić information content (AvgIpc) is 2.74. The number of nitrogens with zero attached hydrogens (tertiary/aromatic N) is 1. The fourth-order valence-corrected chi connectivity index (χ4v) is 2.55. The molecule has 0 saturated carbocycles. The third-order valence-electron chi connectivity index (χ3n) is 2.15. The van der Waals surface area contributed by atoms with Gasteiger partial charge in [0.2, 0.25) is 0 Å². The van der Waals surface area contributed by atoms with E-state index in [-0.39, 0.29) is 5.69 Å². The normalized spacial score (nSPS) is 10.2. The number of carboxylic acids is 1. The number of benzene rings is 1. The summed E-state index contributed by atoms with van der Waals surface area (Å²) in [6.45, 7) is 0. The SMILES string of the molecule is CNc1nc(C(=O)O)c(-c2ccc(Br)cc2)s1. The molecule has 0 aliphatic rings. The number of nitrogens with one attached hydrogen (secondary N) is 1. The van der Waals surface area contributed by atoms with E-state index in [1.807, 2.05) is 24.3 Å². The smallest absolute Gasteiger partial charge is 0.356 e. The molecule has 0 spiro atoms. The van der Waals surface area contributed by atoms with Gasteiger partial charge in [0.15, 0.2) is 10.8 Å². The van der Waals surface area contributed by atoms with Gasteiger partial charge in [-0.05, 0) is 17.7 Å². The summed E-state index contributed by atoms with van der Waals surface area (Å²) in [5, 5.41) is 12.6. The van der Waals surface area contributed by atoms with Crippen LogP contribution in [-0.2, 0) is 0 Å². The minimum atomic E-state index is -1.01. The van der Waals surface area contributed by atoms with E-state index in [0.29, 0.717) is 10.0 Å². The summed E-state index contributed by atoms with van der Waals surface area (Å²) in [4.78, 5) is 15.8. The number of aromatic carboxylic acids is 1. The number of hydrogen-bond donors (Lipinski definition) is 2. The van der Waals surface area contributed by atoms with Crippen LogP contribution in [0.4, 0.5) is 5.13 Å². The van der Waals surface area contributed by atoms with Crippen LogP contribution in [0.15, 0.2) is 28.7 Å². The van der Waals surface area contributed by atoms with Crippen molar-refractivity contribution in [1.82, 2.24) is 4.98 Å². The fourth-order valence-electron chi connectivity index (χ4n) is 1.37. The Morgan fingerprint density at radius 3 is 2.59 bits per heavy atom. The highest BCUT2D eigenvalue weighted by Crippen LogP contribution is 2.33. The van der Waals surface area contributed by atoms with Gasteiger partial charge >= 0.3 is 5.97 Å². The number of rotatable bonds is 3. The van der Waals surface area contributed by atoms with Crippen LogP contribution in [0.3, 0.4) is 0 Å². The highest BCUT2D eigenvalue weighted by atomic mass is 79.9. The van der Waals surface area contributed by atoms with Crippen LogP contribution in [0, 0.1) is 0 Å². The molecule has 6 heteroatoms. The number of aromatic nitrogens is 1. The van der Waals surface area contributed by atoms with E-state index < -0.39 is 5.97 Å². The van der Waals surface area contributed by atoms with Crippen LogP contribution < -0.4 is 5.32 Å². The van der Waals surface area contributed by atoms with Crippen molar-refractivity contribution in [3.05, 3.63) is 34.4 Å². The number of hydrogen-bond acceptors (Lipinski definition) is 4. The third-order valence-corrected chi connectivity index (χ3v) is 3.80. The first-order chi connectivity index (χ1) is 8.11. The molecule has 2 rings (SSSR count). The van der Waals surface area contributed by atoms with Crippen molar-refractivity contribution in [2.24, 2.45) is 0 Å². The largest absolute Gasteiger partial charge is 0.476 e. The third kappa shape index (κ3) is 2.48. The topological polar surface area (TPSA) is 62.2 Å². The Morgan fingerprint density at radius 2 is 2.06 bits per heavy atom. The van der Waals surface area contributed by atoms with Crippen LogP contribution >= 0.6 is 27.3 Å². The highest BCUT2D eigenvalue weighted by molar-refractivity contribution is 9.10. The summed E-state index contributed by atoms with van der Waals surface area (Å²) in [5.41, 5.74) is 0.936. The second-order valence-corrected chi connectivity index (χ2v) is 5.17. The van der Waals surface area contributed by atoms with Gasteiger partial charge in [-0.3, -0.25) is 0 Å². The molecular formula is C11H9BrN2O2S. The van der Waals surface area contributed by atoms with E-state index in [4.69, 9.17) is 5.11 Å². The Bertz CT molecular complexity index is 551. The molecule has 0 unspecified atom stereocenters. The van der Waals surface area contributed by atoms with Crippen molar-refractivity contribution >= 4 is 38.4 Å². The zero-order valence-corrected chi connectivity index (χ0v) is 11.3. The van der Waals surface area contributed by atoms with E-state index in [1.165, 1.54) is 11.3 Å². The molecule has 1 heterocycles. The predicted octanol–water partition coefficient (Wildman–Crippen LogP) is 3.31. The Kier molecular flexibility index (Phi) is 3.44. The molecular weight excluding hydrogens is 304 g/mol. The molecule has 0 fully saturated rings. The summed E-state index contributed by atoms with van der Waals surface area (Å²) in [5.74, 6) is -1.01. The van der Waals surface area contributed by atoms with Crippen molar-refractivity contribution in [3.63, 3.8) is 0 Å². The standard InChI is InChI=1S/C11H9BrN2O2S/c1-13-11-14-8(10(15)16)9(17-11)6-2-4-7(12)5-3-6/h2-5H,1H3,(H,13,14)(H,15,16). The van der Waals surface area contributed by atoms with Crippen molar-refractivity contribution in [3.8, 4) is 10.4 Å². The van der Waals surface area contributed by atoms with Gasteiger partial charge in [0.1, 0.15) is 0 Å². The average molecular weight is 313 g/mol. The molecule has 88 valence electrons. The first-order valence-electron chi connectivity index (χ1n) is 4.79. The van der Waals surface area contributed by atoms with Gasteiger partial charge in [-0.2, -0.15) is 0 Å². The van der Waals surface area contributed by atoms with Gasteiger partial charge in [0.05, 0.1) is 4.88 Å². The van der Waals surface area contributed by atoms with Gasteiger partial charge in [-0.1, -0.05) is 39.4 Å². The van der Waals surface area contributed by atoms with Gasteiger partial charge in [0, 0.05) is 11.5 Å². The Balaban J connectivity index is 2.53. The molecule has 17 heavy (non-hydrogen) atoms. The number of carboxylic acid groups (broad SMARTS) is 1. The predicted molar refractivity (Wildman–Crippen MR) is 71.8 cm³/mol. The molecule has 0 aliphatic carbocycles. The summed E-state index contributed by atoms with van der Waals surface area (Å²) >= 11 is 4.67. The minimum absolute atomic E-state index is 0.0849. The van der Waals surface area contributed by atoms with Gasteiger partial charge in [-0.15, -0.1) is 0 Å². The van der Waals surface area contributed by atoms with Crippen LogP contribution in [0.5, 0.6) is 0 Å². The lowest BCUT2D eigenvalue weighted by Gasteiger charge is -1.98. The van der Waals surface area contributed by atoms with E-state index in [0.717, 1.165) is 10.0 Å². The molecule has 0 radical (unpaired) electrons. The van der Waals surface area contributed by atoms with Crippen LogP contribution in [-0.4, -0.2) is 23.1 Å². The Morgan fingerprint density at radius 1 is 1.41 bits per heavy atom. The van der Waals surface area contributed by atoms with Crippen LogP contribution in [0.25, 0.3) is 10.4 Å². The van der Waals surface area contributed by atoms with Gasteiger partial charge in [0.25, 0.3) is 0 Å². The molecule has 2 N–H and O–H groups in total. The summed E-state index contributed by atoms with van der Waals surface area (Å²) in [6.07, 6.45) is 0. The van der Waals surface area contributed by atoms with E-state index in [2.05, 4.69) is 26.2 Å². The zero-order valence-electron chi connectivity index (χ0n) is 8.90. The summed E-state index contributed by atoms with van der Waals surface area (Å²) in [7, 11) is 1.72. The fraction of sp³-hybridized carbons (Fsp3) is 0.0909. The number of thiazole rings is 1. The van der Waals surface area contributed by atoms with Gasteiger partial charge < -0.3 is 10.4 Å². The molecule has 0 saturated heterocycles. The van der Waals surface area contributed by atoms with Crippen molar-refractivity contribution in [2.45, 2.75) is 0 Å². The molecule has 0 bridgehead atoms. The molecule has 1 aromatic heterocycles. The van der Waals surface area contributed by atoms with Gasteiger partial charge in [-0.25, -0.2) is 9.78 Å². The highest BCUT2D eigenvalue weighted by Gasteiger charge is 2.18. The minimum Gasteiger partial charge on any atom is -0.476 e. The molecule has 0 amide bonds.